The number of amides is 2. The van der Waals surface area contributed by atoms with E-state index in [1.54, 1.807) is 24.5 Å². The fraction of sp³-hybridized carbons (Fsp3) is 0.238. The molecule has 0 radical (unpaired) electrons. The Morgan fingerprint density at radius 3 is 2.75 bits per heavy atom. The van der Waals surface area contributed by atoms with Crippen molar-refractivity contribution in [3.05, 3.63) is 58.7 Å². The highest BCUT2D eigenvalue weighted by Crippen LogP contribution is 2.36. The molecule has 1 aliphatic rings. The summed E-state index contributed by atoms with van der Waals surface area (Å²) in [6.07, 6.45) is 4.53. The number of aromatic nitrogens is 2. The molecule has 3 heterocycles. The summed E-state index contributed by atoms with van der Waals surface area (Å²) in [7, 11) is 0. The van der Waals surface area contributed by atoms with Gasteiger partial charge >= 0.3 is 0 Å². The van der Waals surface area contributed by atoms with Crippen LogP contribution in [0.5, 0.6) is 0 Å². The summed E-state index contributed by atoms with van der Waals surface area (Å²) < 4.78 is 0. The van der Waals surface area contributed by atoms with Gasteiger partial charge in [0, 0.05) is 47.1 Å². The number of carbonyl (C=O) groups is 2. The molecule has 0 aliphatic carbocycles. The lowest BCUT2D eigenvalue weighted by Crippen LogP contribution is -2.27. The minimum Gasteiger partial charge on any atom is -0.312 e. The van der Waals surface area contributed by atoms with Crippen LogP contribution in [0.3, 0.4) is 0 Å². The van der Waals surface area contributed by atoms with Gasteiger partial charge in [-0.05, 0) is 43.2 Å². The fourth-order valence-corrected chi connectivity index (χ4v) is 4.22. The van der Waals surface area contributed by atoms with Crippen LogP contribution in [0.1, 0.15) is 34.1 Å². The van der Waals surface area contributed by atoms with Crippen molar-refractivity contribution < 1.29 is 9.59 Å². The third kappa shape index (κ3) is 3.41. The molecule has 2 aromatic heterocycles. The average molecular weight is 392 g/mol. The SMILES string of the molecule is CCC(=O)N1CCc2cc(-c3nc(NC(=O)c4ccncc4)sc3C)ccc21. The predicted octanol–water partition coefficient (Wildman–Crippen LogP) is 4.06. The van der Waals surface area contributed by atoms with Gasteiger partial charge in [0.05, 0.1) is 5.69 Å². The van der Waals surface area contributed by atoms with Crippen LogP contribution < -0.4 is 10.2 Å². The van der Waals surface area contributed by atoms with Gasteiger partial charge in [0.2, 0.25) is 5.91 Å². The third-order valence-corrected chi connectivity index (χ3v) is 5.70. The van der Waals surface area contributed by atoms with Crippen molar-refractivity contribution in [2.24, 2.45) is 0 Å². The second kappa shape index (κ2) is 7.52. The molecule has 142 valence electrons. The van der Waals surface area contributed by atoms with Gasteiger partial charge in [-0.2, -0.15) is 0 Å². The van der Waals surface area contributed by atoms with E-state index in [4.69, 9.17) is 0 Å². The van der Waals surface area contributed by atoms with Crippen LogP contribution in [0.25, 0.3) is 11.3 Å². The second-order valence-electron chi connectivity index (χ2n) is 6.61. The number of carbonyl (C=O) groups excluding carboxylic acids is 2. The number of nitrogens with one attached hydrogen (secondary N) is 1. The Morgan fingerprint density at radius 1 is 1.21 bits per heavy atom. The molecule has 0 fully saturated rings. The van der Waals surface area contributed by atoms with Gasteiger partial charge in [0.25, 0.3) is 5.91 Å². The van der Waals surface area contributed by atoms with Crippen LogP contribution >= 0.6 is 11.3 Å². The molecule has 4 rings (SSSR count). The summed E-state index contributed by atoms with van der Waals surface area (Å²) in [5, 5.41) is 3.43. The maximum atomic E-state index is 12.3. The lowest BCUT2D eigenvalue weighted by atomic mass is 10.1. The van der Waals surface area contributed by atoms with Crippen LogP contribution in [0, 0.1) is 6.92 Å². The Kier molecular flexibility index (Phi) is 4.92. The van der Waals surface area contributed by atoms with Crippen molar-refractivity contribution in [3.8, 4) is 11.3 Å². The zero-order valence-corrected chi connectivity index (χ0v) is 16.5. The first-order valence-corrected chi connectivity index (χ1v) is 10.0. The first kappa shape index (κ1) is 18.3. The summed E-state index contributed by atoms with van der Waals surface area (Å²) >= 11 is 1.45. The Morgan fingerprint density at radius 2 is 2.00 bits per heavy atom. The maximum Gasteiger partial charge on any atom is 0.257 e. The van der Waals surface area contributed by atoms with Crippen LogP contribution in [-0.2, 0) is 11.2 Å². The maximum absolute atomic E-state index is 12.3. The van der Waals surface area contributed by atoms with Crippen LogP contribution in [0.2, 0.25) is 0 Å². The van der Waals surface area contributed by atoms with Gasteiger partial charge in [0.1, 0.15) is 0 Å². The lowest BCUT2D eigenvalue weighted by molar-refractivity contribution is -0.118. The van der Waals surface area contributed by atoms with Crippen molar-refractivity contribution in [1.82, 2.24) is 9.97 Å². The molecule has 2 amide bonds. The monoisotopic (exact) mass is 392 g/mol. The first-order chi connectivity index (χ1) is 13.6. The number of nitrogens with zero attached hydrogens (tertiary/aromatic N) is 3. The van der Waals surface area contributed by atoms with Gasteiger partial charge in [0.15, 0.2) is 5.13 Å². The number of pyridine rings is 1. The molecular formula is C21H20N4O2S. The number of hydrogen-bond donors (Lipinski definition) is 1. The molecule has 0 spiro atoms. The van der Waals surface area contributed by atoms with E-state index < -0.39 is 0 Å². The summed E-state index contributed by atoms with van der Waals surface area (Å²) in [6, 6.07) is 9.44. The number of anilines is 2. The summed E-state index contributed by atoms with van der Waals surface area (Å²) in [4.78, 5) is 35.9. The van der Waals surface area contributed by atoms with Gasteiger partial charge < -0.3 is 4.90 Å². The predicted molar refractivity (Wildman–Crippen MR) is 111 cm³/mol. The molecule has 0 unspecified atom stereocenters. The average Bonchev–Trinajstić information content (AvgIpc) is 3.30. The molecule has 28 heavy (non-hydrogen) atoms. The van der Waals surface area contributed by atoms with Gasteiger partial charge in [-0.3, -0.25) is 19.9 Å². The van der Waals surface area contributed by atoms with Crippen molar-refractivity contribution in [2.45, 2.75) is 26.7 Å². The van der Waals surface area contributed by atoms with Crippen molar-refractivity contribution in [3.63, 3.8) is 0 Å². The van der Waals surface area contributed by atoms with Crippen LogP contribution in [0.15, 0.2) is 42.7 Å². The van der Waals surface area contributed by atoms with E-state index in [0.717, 1.165) is 40.4 Å². The minimum absolute atomic E-state index is 0.150. The summed E-state index contributed by atoms with van der Waals surface area (Å²) in [5.41, 5.74) is 4.56. The topological polar surface area (TPSA) is 75.2 Å². The zero-order valence-electron chi connectivity index (χ0n) is 15.7. The molecule has 0 atom stereocenters. The highest BCUT2D eigenvalue weighted by Gasteiger charge is 2.24. The Hall–Kier alpha value is -3.06. The Labute approximate surface area is 167 Å². The molecule has 3 aromatic rings. The second-order valence-corrected chi connectivity index (χ2v) is 7.81. The number of hydrogen-bond acceptors (Lipinski definition) is 5. The molecule has 7 heteroatoms. The van der Waals surface area contributed by atoms with Crippen molar-refractivity contribution >= 4 is 34.0 Å². The largest absolute Gasteiger partial charge is 0.312 e. The number of thiazole rings is 1. The minimum atomic E-state index is -0.203. The number of rotatable bonds is 4. The standard InChI is InChI=1S/C21H20N4O2S/c1-3-18(26)25-11-8-15-12-16(4-5-17(15)25)19-13(2)28-21(23-19)24-20(27)14-6-9-22-10-7-14/h4-7,9-10,12H,3,8,11H2,1-2H3,(H,23,24,27). The highest BCUT2D eigenvalue weighted by atomic mass is 32.1. The molecule has 1 N–H and O–H groups in total. The molecule has 1 aromatic carbocycles. The van der Waals surface area contributed by atoms with E-state index >= 15 is 0 Å². The molecular weight excluding hydrogens is 372 g/mol. The Bertz CT molecular complexity index is 1050. The molecule has 0 bridgehead atoms. The number of aryl methyl sites for hydroxylation is 1. The van der Waals surface area contributed by atoms with Crippen molar-refractivity contribution in [1.29, 1.82) is 0 Å². The number of fused-ring (bicyclic) bond motifs is 1. The van der Waals surface area contributed by atoms with E-state index in [1.165, 1.54) is 11.3 Å². The molecule has 0 saturated heterocycles. The first-order valence-electron chi connectivity index (χ1n) is 9.19. The lowest BCUT2D eigenvalue weighted by Gasteiger charge is -2.16. The van der Waals surface area contributed by atoms with Crippen LogP contribution in [0.4, 0.5) is 10.8 Å². The third-order valence-electron chi connectivity index (χ3n) is 4.81. The summed E-state index contributed by atoms with van der Waals surface area (Å²) in [5.74, 6) is -0.0529. The van der Waals surface area contributed by atoms with E-state index in [-0.39, 0.29) is 11.8 Å². The smallest absolute Gasteiger partial charge is 0.257 e. The fourth-order valence-electron chi connectivity index (χ4n) is 3.39. The van der Waals surface area contributed by atoms with Gasteiger partial charge in [-0.15, -0.1) is 11.3 Å². The summed E-state index contributed by atoms with van der Waals surface area (Å²) in [6.45, 7) is 4.61. The molecule has 1 aliphatic heterocycles. The van der Waals surface area contributed by atoms with E-state index in [0.29, 0.717) is 17.1 Å². The van der Waals surface area contributed by atoms with Gasteiger partial charge in [-0.1, -0.05) is 13.0 Å². The zero-order chi connectivity index (χ0) is 19.7. The molecule has 6 nitrogen and oxygen atoms in total. The van der Waals surface area contributed by atoms with E-state index in [2.05, 4.69) is 21.4 Å². The Balaban J connectivity index is 1.58. The molecule has 0 saturated carbocycles. The number of benzene rings is 1. The van der Waals surface area contributed by atoms with Crippen LogP contribution in [-0.4, -0.2) is 28.3 Å². The van der Waals surface area contributed by atoms with Gasteiger partial charge in [-0.25, -0.2) is 4.98 Å². The van der Waals surface area contributed by atoms with Crippen molar-refractivity contribution in [2.75, 3.05) is 16.8 Å². The van der Waals surface area contributed by atoms with E-state index in [1.807, 2.05) is 30.9 Å². The quantitative estimate of drug-likeness (QED) is 0.726. The van der Waals surface area contributed by atoms with E-state index in [9.17, 15) is 9.59 Å². The highest BCUT2D eigenvalue weighted by molar-refractivity contribution is 7.16. The normalized spacial score (nSPS) is 12.7.